The smallest absolute Gasteiger partial charge is 0.133 e. The Morgan fingerprint density at radius 2 is 2.58 bits per heavy atom. The molecule has 2 rings (SSSR count). The predicted molar refractivity (Wildman–Crippen MR) is 42.2 cm³/mol. The molecule has 4 nitrogen and oxygen atoms in total. The van der Waals surface area contributed by atoms with Crippen LogP contribution in [0.4, 0.5) is 0 Å². The van der Waals surface area contributed by atoms with Crippen molar-refractivity contribution in [3.05, 3.63) is 17.5 Å². The second-order valence-electron chi connectivity index (χ2n) is 2.98. The summed E-state index contributed by atoms with van der Waals surface area (Å²) in [6, 6.07) is 1.93. The molecule has 1 saturated heterocycles. The van der Waals surface area contributed by atoms with E-state index in [9.17, 15) is 0 Å². The van der Waals surface area contributed by atoms with Gasteiger partial charge in [-0.2, -0.15) is 5.06 Å². The number of hydrogen-bond donors (Lipinski definition) is 0. The summed E-state index contributed by atoms with van der Waals surface area (Å²) in [7, 11) is 0. The van der Waals surface area contributed by atoms with Crippen LogP contribution in [0, 0.1) is 6.92 Å². The highest BCUT2D eigenvalue weighted by molar-refractivity contribution is 5.02. The lowest BCUT2D eigenvalue weighted by molar-refractivity contribution is -0.118. The van der Waals surface area contributed by atoms with Gasteiger partial charge in [0.15, 0.2) is 0 Å². The molecule has 4 heteroatoms. The van der Waals surface area contributed by atoms with E-state index in [1.807, 2.05) is 18.1 Å². The van der Waals surface area contributed by atoms with Crippen LogP contribution in [-0.2, 0) is 11.4 Å². The van der Waals surface area contributed by atoms with Gasteiger partial charge in [-0.15, -0.1) is 0 Å². The summed E-state index contributed by atoms with van der Waals surface area (Å²) < 4.78 is 4.94. The lowest BCUT2D eigenvalue weighted by Crippen LogP contribution is -2.16. The molecular formula is C8H12N2O2. The number of aromatic nitrogens is 1. The SMILES string of the molecule is Cc1cc(CN2CCCO2)no1. The van der Waals surface area contributed by atoms with Gasteiger partial charge in [-0.3, -0.25) is 4.84 Å². The molecule has 2 heterocycles. The van der Waals surface area contributed by atoms with Gasteiger partial charge in [-0.05, 0) is 13.3 Å². The molecule has 1 fully saturated rings. The highest BCUT2D eigenvalue weighted by Crippen LogP contribution is 2.10. The third-order valence-electron chi connectivity index (χ3n) is 1.84. The van der Waals surface area contributed by atoms with Crippen LogP contribution in [0.5, 0.6) is 0 Å². The zero-order chi connectivity index (χ0) is 8.39. The molecule has 0 spiro atoms. The Balaban J connectivity index is 1.94. The minimum Gasteiger partial charge on any atom is -0.361 e. The molecule has 1 aliphatic heterocycles. The number of nitrogens with zero attached hydrogens (tertiary/aromatic N) is 2. The van der Waals surface area contributed by atoms with Crippen molar-refractivity contribution in [2.75, 3.05) is 13.2 Å². The summed E-state index contributed by atoms with van der Waals surface area (Å²) in [6.07, 6.45) is 1.11. The third kappa shape index (κ3) is 1.65. The van der Waals surface area contributed by atoms with Crippen molar-refractivity contribution in [2.45, 2.75) is 19.9 Å². The van der Waals surface area contributed by atoms with Crippen LogP contribution in [0.1, 0.15) is 17.9 Å². The lowest BCUT2D eigenvalue weighted by Gasteiger charge is -2.09. The van der Waals surface area contributed by atoms with Gasteiger partial charge in [0.2, 0.25) is 0 Å². The standard InChI is InChI=1S/C8H12N2O2/c1-7-5-8(9-12-7)6-10-3-2-4-11-10/h5H,2-4,6H2,1H3. The molecule has 1 aromatic heterocycles. The molecule has 0 amide bonds. The van der Waals surface area contributed by atoms with Gasteiger partial charge in [0.25, 0.3) is 0 Å². The first-order valence-corrected chi connectivity index (χ1v) is 4.14. The maximum Gasteiger partial charge on any atom is 0.133 e. The van der Waals surface area contributed by atoms with Crippen LogP contribution >= 0.6 is 0 Å². The topological polar surface area (TPSA) is 38.5 Å². The van der Waals surface area contributed by atoms with Crippen molar-refractivity contribution in [1.82, 2.24) is 10.2 Å². The minimum atomic E-state index is 0.733. The van der Waals surface area contributed by atoms with Gasteiger partial charge in [0.1, 0.15) is 11.5 Å². The first-order valence-electron chi connectivity index (χ1n) is 4.14. The molecule has 0 aliphatic carbocycles. The average Bonchev–Trinajstić information content (AvgIpc) is 2.63. The quantitative estimate of drug-likeness (QED) is 0.663. The second-order valence-corrected chi connectivity index (χ2v) is 2.98. The Hall–Kier alpha value is -0.870. The van der Waals surface area contributed by atoms with Gasteiger partial charge < -0.3 is 4.52 Å². The van der Waals surface area contributed by atoms with Crippen molar-refractivity contribution in [1.29, 1.82) is 0 Å². The molecule has 0 saturated carbocycles. The predicted octanol–water partition coefficient (Wildman–Crippen LogP) is 1.12. The van der Waals surface area contributed by atoms with Crippen LogP contribution in [-0.4, -0.2) is 23.4 Å². The van der Waals surface area contributed by atoms with Crippen LogP contribution in [0.25, 0.3) is 0 Å². The number of rotatable bonds is 2. The fraction of sp³-hybridized carbons (Fsp3) is 0.625. The van der Waals surface area contributed by atoms with Crippen LogP contribution in [0.2, 0.25) is 0 Å². The molecule has 0 bridgehead atoms. The molecule has 0 unspecified atom stereocenters. The number of aryl methyl sites for hydroxylation is 1. The number of hydrogen-bond acceptors (Lipinski definition) is 4. The van der Waals surface area contributed by atoms with Crippen molar-refractivity contribution < 1.29 is 9.36 Å². The largest absolute Gasteiger partial charge is 0.361 e. The van der Waals surface area contributed by atoms with E-state index >= 15 is 0 Å². The van der Waals surface area contributed by atoms with Crippen LogP contribution < -0.4 is 0 Å². The Morgan fingerprint density at radius 3 is 3.17 bits per heavy atom. The fourth-order valence-corrected chi connectivity index (χ4v) is 1.30. The van der Waals surface area contributed by atoms with Gasteiger partial charge in [-0.1, -0.05) is 5.16 Å². The first kappa shape index (κ1) is 7.76. The molecule has 66 valence electrons. The van der Waals surface area contributed by atoms with Gasteiger partial charge in [-0.25, -0.2) is 0 Å². The molecule has 12 heavy (non-hydrogen) atoms. The summed E-state index contributed by atoms with van der Waals surface area (Å²) in [5, 5.41) is 5.80. The molecule has 1 aliphatic rings. The fourth-order valence-electron chi connectivity index (χ4n) is 1.30. The second kappa shape index (κ2) is 3.25. The average molecular weight is 168 g/mol. The summed E-state index contributed by atoms with van der Waals surface area (Å²) in [5.74, 6) is 0.851. The minimum absolute atomic E-state index is 0.733. The van der Waals surface area contributed by atoms with E-state index in [0.29, 0.717) is 0 Å². The maximum absolute atomic E-state index is 5.32. The van der Waals surface area contributed by atoms with E-state index in [0.717, 1.165) is 37.6 Å². The number of hydroxylamine groups is 2. The molecule has 0 aromatic carbocycles. The molecule has 0 atom stereocenters. The van der Waals surface area contributed by atoms with Crippen molar-refractivity contribution in [3.63, 3.8) is 0 Å². The maximum atomic E-state index is 5.32. The Labute approximate surface area is 71.0 Å². The van der Waals surface area contributed by atoms with Crippen molar-refractivity contribution >= 4 is 0 Å². The van der Waals surface area contributed by atoms with Crippen molar-refractivity contribution in [3.8, 4) is 0 Å². The monoisotopic (exact) mass is 168 g/mol. The van der Waals surface area contributed by atoms with E-state index in [2.05, 4.69) is 5.16 Å². The Morgan fingerprint density at radius 1 is 1.67 bits per heavy atom. The van der Waals surface area contributed by atoms with Gasteiger partial charge >= 0.3 is 0 Å². The summed E-state index contributed by atoms with van der Waals surface area (Å²) in [6.45, 7) is 4.45. The van der Waals surface area contributed by atoms with Crippen molar-refractivity contribution in [2.24, 2.45) is 0 Å². The zero-order valence-electron chi connectivity index (χ0n) is 7.12. The molecule has 1 aromatic rings. The summed E-state index contributed by atoms with van der Waals surface area (Å²) >= 11 is 0. The Bertz CT molecular complexity index is 253. The van der Waals surface area contributed by atoms with E-state index in [1.54, 1.807) is 0 Å². The summed E-state index contributed by atoms with van der Waals surface area (Å²) in [5.41, 5.74) is 0.939. The van der Waals surface area contributed by atoms with E-state index < -0.39 is 0 Å². The Kier molecular flexibility index (Phi) is 2.10. The lowest BCUT2D eigenvalue weighted by atomic mass is 10.3. The molecular weight excluding hydrogens is 156 g/mol. The van der Waals surface area contributed by atoms with E-state index in [1.165, 1.54) is 0 Å². The normalized spacial score (nSPS) is 18.8. The van der Waals surface area contributed by atoms with Gasteiger partial charge in [0, 0.05) is 12.6 Å². The van der Waals surface area contributed by atoms with E-state index in [-0.39, 0.29) is 0 Å². The zero-order valence-corrected chi connectivity index (χ0v) is 7.12. The highest BCUT2D eigenvalue weighted by atomic mass is 16.7. The molecule has 0 N–H and O–H groups in total. The van der Waals surface area contributed by atoms with Gasteiger partial charge in [0.05, 0.1) is 13.2 Å². The summed E-state index contributed by atoms with van der Waals surface area (Å²) in [4.78, 5) is 5.32. The van der Waals surface area contributed by atoms with Crippen LogP contribution in [0.3, 0.4) is 0 Å². The van der Waals surface area contributed by atoms with E-state index in [4.69, 9.17) is 9.36 Å². The highest BCUT2D eigenvalue weighted by Gasteiger charge is 2.14. The first-order chi connectivity index (χ1) is 5.84. The molecule has 0 radical (unpaired) electrons. The van der Waals surface area contributed by atoms with Crippen LogP contribution in [0.15, 0.2) is 10.6 Å². The third-order valence-corrected chi connectivity index (χ3v) is 1.84.